The summed E-state index contributed by atoms with van der Waals surface area (Å²) in [5, 5.41) is 16.8. The Bertz CT molecular complexity index is 388. The zero-order valence-electron chi connectivity index (χ0n) is 11.2. The fraction of sp³-hybridized carbons (Fsp3) is 0.750. The Hall–Kier alpha value is -1.43. The van der Waals surface area contributed by atoms with Gasteiger partial charge in [0.05, 0.1) is 17.8 Å². The first-order chi connectivity index (χ1) is 8.56. The fourth-order valence-corrected chi connectivity index (χ4v) is 1.88. The van der Waals surface area contributed by atoms with Gasteiger partial charge in [-0.05, 0) is 19.3 Å². The summed E-state index contributed by atoms with van der Waals surface area (Å²) in [6.07, 6.45) is 0.780. The average molecular weight is 255 g/mol. The van der Waals surface area contributed by atoms with Crippen LogP contribution in [0.1, 0.15) is 44.5 Å². The van der Waals surface area contributed by atoms with E-state index in [4.69, 9.17) is 9.84 Å². The third-order valence-electron chi connectivity index (χ3n) is 2.58. The third-order valence-corrected chi connectivity index (χ3v) is 2.58. The summed E-state index contributed by atoms with van der Waals surface area (Å²) in [6.45, 7) is 8.09. The lowest BCUT2D eigenvalue weighted by Crippen LogP contribution is -2.11. The molecule has 0 amide bonds. The topological polar surface area (TPSA) is 77.2 Å². The fourth-order valence-electron chi connectivity index (χ4n) is 1.88. The van der Waals surface area contributed by atoms with Crippen molar-refractivity contribution >= 4 is 5.97 Å². The number of hydrogen-bond acceptors (Lipinski definition) is 4. The maximum atomic E-state index is 10.8. The van der Waals surface area contributed by atoms with Crippen LogP contribution in [0.3, 0.4) is 0 Å². The van der Waals surface area contributed by atoms with Gasteiger partial charge in [0.1, 0.15) is 0 Å². The minimum atomic E-state index is -0.877. The van der Waals surface area contributed by atoms with Crippen molar-refractivity contribution in [2.24, 2.45) is 0 Å². The largest absolute Gasteiger partial charge is 0.481 e. The summed E-state index contributed by atoms with van der Waals surface area (Å²) in [6, 6.07) is 0. The lowest BCUT2D eigenvalue weighted by Gasteiger charge is -2.10. The number of nitrogens with zero attached hydrogens (tertiary/aromatic N) is 3. The van der Waals surface area contributed by atoms with Gasteiger partial charge in [-0.15, -0.1) is 5.10 Å². The molecule has 18 heavy (non-hydrogen) atoms. The maximum absolute atomic E-state index is 10.8. The maximum Gasteiger partial charge on any atom is 0.309 e. The predicted octanol–water partition coefficient (Wildman–Crippen LogP) is 1.46. The van der Waals surface area contributed by atoms with Gasteiger partial charge in [-0.3, -0.25) is 4.79 Å². The quantitative estimate of drug-likeness (QED) is 0.711. The molecular weight excluding hydrogens is 234 g/mol. The van der Waals surface area contributed by atoms with E-state index in [1.54, 1.807) is 4.68 Å². The van der Waals surface area contributed by atoms with Gasteiger partial charge in [0.15, 0.2) is 0 Å². The molecule has 0 aromatic carbocycles. The van der Waals surface area contributed by atoms with Gasteiger partial charge >= 0.3 is 5.97 Å². The number of carboxylic acids is 1. The molecule has 1 N–H and O–H groups in total. The highest BCUT2D eigenvalue weighted by Gasteiger charge is 2.17. The van der Waals surface area contributed by atoms with Crippen molar-refractivity contribution < 1.29 is 14.6 Å². The van der Waals surface area contributed by atoms with Gasteiger partial charge in [-0.2, -0.15) is 0 Å². The van der Waals surface area contributed by atoms with Gasteiger partial charge in [0.25, 0.3) is 0 Å². The Balaban J connectivity index is 2.72. The molecule has 0 radical (unpaired) electrons. The monoisotopic (exact) mass is 255 g/mol. The molecule has 0 unspecified atom stereocenters. The highest BCUT2D eigenvalue weighted by atomic mass is 16.5. The summed E-state index contributed by atoms with van der Waals surface area (Å²) in [5.74, 6) is -0.667. The first-order valence-corrected chi connectivity index (χ1v) is 6.28. The normalized spacial score (nSPS) is 11.1. The summed E-state index contributed by atoms with van der Waals surface area (Å²) in [7, 11) is 0. The minimum absolute atomic E-state index is 0.0705. The first-order valence-electron chi connectivity index (χ1n) is 6.28. The van der Waals surface area contributed by atoms with Crippen molar-refractivity contribution in [1.29, 1.82) is 0 Å². The predicted molar refractivity (Wildman–Crippen MR) is 66.6 cm³/mol. The summed E-state index contributed by atoms with van der Waals surface area (Å²) in [5.41, 5.74) is 1.47. The zero-order chi connectivity index (χ0) is 13.5. The molecule has 1 rings (SSSR count). The van der Waals surface area contributed by atoms with Crippen LogP contribution in [0.15, 0.2) is 0 Å². The minimum Gasteiger partial charge on any atom is -0.481 e. The van der Waals surface area contributed by atoms with Crippen LogP contribution in [0.2, 0.25) is 0 Å². The SMILES string of the molecule is CCOCCCn1nnc(CC(=O)O)c1C(C)C. The molecule has 6 heteroatoms. The van der Waals surface area contributed by atoms with Gasteiger partial charge < -0.3 is 9.84 Å². The number of aliphatic carboxylic acids is 1. The van der Waals surface area contributed by atoms with Crippen LogP contribution in [0, 0.1) is 0 Å². The van der Waals surface area contributed by atoms with Crippen molar-refractivity contribution in [3.63, 3.8) is 0 Å². The highest BCUT2D eigenvalue weighted by molar-refractivity contribution is 5.69. The van der Waals surface area contributed by atoms with E-state index in [0.29, 0.717) is 25.5 Å². The van der Waals surface area contributed by atoms with Gasteiger partial charge in [0.2, 0.25) is 0 Å². The number of rotatable bonds is 8. The molecule has 0 aliphatic heterocycles. The molecule has 0 bridgehead atoms. The molecule has 1 aromatic heterocycles. The van der Waals surface area contributed by atoms with E-state index in [1.807, 2.05) is 20.8 Å². The second-order valence-electron chi connectivity index (χ2n) is 4.42. The van der Waals surface area contributed by atoms with Crippen molar-refractivity contribution in [2.75, 3.05) is 13.2 Å². The molecule has 1 heterocycles. The van der Waals surface area contributed by atoms with Crippen LogP contribution in [-0.4, -0.2) is 39.3 Å². The van der Waals surface area contributed by atoms with E-state index < -0.39 is 5.97 Å². The molecule has 0 atom stereocenters. The second-order valence-corrected chi connectivity index (χ2v) is 4.42. The number of carboxylic acid groups (broad SMARTS) is 1. The molecule has 0 aliphatic carbocycles. The molecule has 1 aromatic rings. The number of hydrogen-bond donors (Lipinski definition) is 1. The van der Waals surface area contributed by atoms with Crippen LogP contribution in [-0.2, 0) is 22.5 Å². The van der Waals surface area contributed by atoms with Crippen LogP contribution < -0.4 is 0 Å². The molecule has 102 valence electrons. The molecule has 0 spiro atoms. The second kappa shape index (κ2) is 7.10. The Morgan fingerprint density at radius 3 is 2.78 bits per heavy atom. The summed E-state index contributed by atoms with van der Waals surface area (Å²) >= 11 is 0. The van der Waals surface area contributed by atoms with E-state index in [0.717, 1.165) is 12.1 Å². The standard InChI is InChI=1S/C12H21N3O3/c1-4-18-7-5-6-15-12(9(2)3)10(13-14-15)8-11(16)17/h9H,4-8H2,1-3H3,(H,16,17). The number of aromatic nitrogens is 3. The lowest BCUT2D eigenvalue weighted by atomic mass is 10.1. The summed E-state index contributed by atoms with van der Waals surface area (Å²) in [4.78, 5) is 10.8. The zero-order valence-corrected chi connectivity index (χ0v) is 11.2. The van der Waals surface area contributed by atoms with Crippen LogP contribution in [0.25, 0.3) is 0 Å². The molecular formula is C12H21N3O3. The number of ether oxygens (including phenoxy) is 1. The Labute approximate surface area is 107 Å². The Kier molecular flexibility index (Phi) is 5.77. The Morgan fingerprint density at radius 2 is 2.22 bits per heavy atom. The Morgan fingerprint density at radius 1 is 1.50 bits per heavy atom. The number of aryl methyl sites for hydroxylation is 1. The van der Waals surface area contributed by atoms with Gasteiger partial charge in [-0.1, -0.05) is 19.1 Å². The molecule has 6 nitrogen and oxygen atoms in total. The smallest absolute Gasteiger partial charge is 0.309 e. The van der Waals surface area contributed by atoms with E-state index >= 15 is 0 Å². The van der Waals surface area contributed by atoms with Crippen LogP contribution in [0.5, 0.6) is 0 Å². The van der Waals surface area contributed by atoms with Crippen LogP contribution in [0.4, 0.5) is 0 Å². The van der Waals surface area contributed by atoms with Crippen molar-refractivity contribution in [2.45, 2.75) is 46.1 Å². The lowest BCUT2D eigenvalue weighted by molar-refractivity contribution is -0.136. The van der Waals surface area contributed by atoms with Crippen molar-refractivity contribution in [3.8, 4) is 0 Å². The molecule has 0 saturated heterocycles. The van der Waals surface area contributed by atoms with Crippen LogP contribution >= 0.6 is 0 Å². The third kappa shape index (κ3) is 4.10. The van der Waals surface area contributed by atoms with E-state index in [2.05, 4.69) is 10.3 Å². The van der Waals surface area contributed by atoms with E-state index in [1.165, 1.54) is 0 Å². The van der Waals surface area contributed by atoms with Crippen molar-refractivity contribution in [3.05, 3.63) is 11.4 Å². The molecule has 0 fully saturated rings. The van der Waals surface area contributed by atoms with E-state index in [-0.39, 0.29) is 12.3 Å². The highest BCUT2D eigenvalue weighted by Crippen LogP contribution is 2.18. The van der Waals surface area contributed by atoms with Gasteiger partial charge in [0, 0.05) is 19.8 Å². The molecule has 0 saturated carbocycles. The summed E-state index contributed by atoms with van der Waals surface area (Å²) < 4.78 is 7.06. The molecule has 0 aliphatic rings. The number of carbonyl (C=O) groups is 1. The van der Waals surface area contributed by atoms with Crippen molar-refractivity contribution in [1.82, 2.24) is 15.0 Å². The van der Waals surface area contributed by atoms with Gasteiger partial charge in [-0.25, -0.2) is 4.68 Å². The average Bonchev–Trinajstić information content (AvgIpc) is 2.66. The first kappa shape index (κ1) is 14.6. The van der Waals surface area contributed by atoms with E-state index in [9.17, 15) is 4.79 Å².